The molecule has 0 N–H and O–H groups in total. The van der Waals surface area contributed by atoms with Crippen molar-refractivity contribution in [1.29, 1.82) is 0 Å². The van der Waals surface area contributed by atoms with Gasteiger partial charge in [-0.2, -0.15) is 0 Å². The van der Waals surface area contributed by atoms with Crippen LogP contribution in [0, 0.1) is 0 Å². The second-order valence-electron chi connectivity index (χ2n) is 10.0. The molecule has 2 aliphatic rings. The van der Waals surface area contributed by atoms with Gasteiger partial charge in [-0.05, 0) is 69.1 Å². The first-order chi connectivity index (χ1) is 19.3. The number of hydrogen-bond donors (Lipinski definition) is 0. The van der Waals surface area contributed by atoms with Crippen LogP contribution in [0.3, 0.4) is 0 Å². The number of fused-ring (bicyclic) bond motifs is 4. The van der Waals surface area contributed by atoms with Crippen molar-refractivity contribution in [2.75, 3.05) is 0 Å². The lowest BCUT2D eigenvalue weighted by atomic mass is 9.34. The lowest BCUT2D eigenvalue weighted by Crippen LogP contribution is -2.57. The van der Waals surface area contributed by atoms with E-state index in [2.05, 4.69) is 108 Å². The maximum absolute atomic E-state index is 6.66. The predicted molar refractivity (Wildman–Crippen MR) is 158 cm³/mol. The monoisotopic (exact) mass is 499 g/mol. The Morgan fingerprint density at radius 3 is 1.46 bits per heavy atom. The zero-order valence-corrected chi connectivity index (χ0v) is 21.0. The van der Waals surface area contributed by atoms with Gasteiger partial charge in [-0.25, -0.2) is 0 Å². The summed E-state index contributed by atoms with van der Waals surface area (Å²) >= 11 is 0. The van der Waals surface area contributed by atoms with Crippen LogP contribution in [0.2, 0.25) is 0 Å². The maximum Gasteiger partial charge on any atom is 0.260 e. The molecular formula is C35H22BNO2. The SMILES string of the molecule is c1ccc(-c2ccc3c(c2)Oc2cc(-c4cccnc4)cc4c2B3c2ccc(-c3ccccc3)cc2O4)cc1. The van der Waals surface area contributed by atoms with Gasteiger partial charge in [-0.15, -0.1) is 0 Å². The Morgan fingerprint density at radius 1 is 0.436 bits per heavy atom. The van der Waals surface area contributed by atoms with Gasteiger partial charge >= 0.3 is 0 Å². The summed E-state index contributed by atoms with van der Waals surface area (Å²) in [5.74, 6) is 3.41. The second-order valence-corrected chi connectivity index (χ2v) is 10.0. The highest BCUT2D eigenvalue weighted by atomic mass is 16.5. The third-order valence-corrected chi connectivity index (χ3v) is 7.69. The summed E-state index contributed by atoms with van der Waals surface area (Å²) in [7, 11) is 0. The molecule has 0 aliphatic carbocycles. The zero-order chi connectivity index (χ0) is 25.8. The summed E-state index contributed by atoms with van der Waals surface area (Å²) in [5.41, 5.74) is 10.0. The van der Waals surface area contributed by atoms with Gasteiger partial charge in [-0.3, -0.25) is 4.98 Å². The summed E-state index contributed by atoms with van der Waals surface area (Å²) in [6, 6.07) is 42.3. The van der Waals surface area contributed by atoms with E-state index in [9.17, 15) is 0 Å². The molecule has 182 valence electrons. The summed E-state index contributed by atoms with van der Waals surface area (Å²) < 4.78 is 13.3. The molecule has 6 aromatic rings. The molecule has 0 radical (unpaired) electrons. The van der Waals surface area contributed by atoms with Crippen molar-refractivity contribution in [2.45, 2.75) is 0 Å². The summed E-state index contributed by atoms with van der Waals surface area (Å²) in [5, 5.41) is 0. The number of pyridine rings is 1. The maximum atomic E-state index is 6.66. The van der Waals surface area contributed by atoms with E-state index in [1.807, 2.05) is 24.4 Å². The van der Waals surface area contributed by atoms with E-state index in [1.54, 1.807) is 6.20 Å². The quantitative estimate of drug-likeness (QED) is 0.250. The van der Waals surface area contributed by atoms with E-state index in [0.717, 1.165) is 61.6 Å². The molecule has 39 heavy (non-hydrogen) atoms. The molecule has 0 spiro atoms. The van der Waals surface area contributed by atoms with E-state index in [-0.39, 0.29) is 6.71 Å². The fourth-order valence-corrected chi connectivity index (χ4v) is 5.81. The second kappa shape index (κ2) is 8.75. The molecule has 0 saturated heterocycles. The van der Waals surface area contributed by atoms with Gasteiger partial charge in [-0.1, -0.05) is 91.0 Å². The molecule has 0 saturated carbocycles. The third-order valence-electron chi connectivity index (χ3n) is 7.69. The fourth-order valence-electron chi connectivity index (χ4n) is 5.81. The third kappa shape index (κ3) is 3.64. The largest absolute Gasteiger partial charge is 0.458 e. The molecule has 0 unspecified atom stereocenters. The predicted octanol–water partition coefficient (Wildman–Crippen LogP) is 6.81. The van der Waals surface area contributed by atoms with Gasteiger partial charge in [0.05, 0.1) is 0 Å². The van der Waals surface area contributed by atoms with Crippen molar-refractivity contribution in [1.82, 2.24) is 4.98 Å². The minimum Gasteiger partial charge on any atom is -0.458 e. The average molecular weight is 499 g/mol. The molecular weight excluding hydrogens is 477 g/mol. The van der Waals surface area contributed by atoms with Crippen LogP contribution in [-0.4, -0.2) is 11.7 Å². The van der Waals surface area contributed by atoms with Gasteiger partial charge in [0.1, 0.15) is 23.0 Å². The van der Waals surface area contributed by atoms with Crippen LogP contribution in [0.4, 0.5) is 0 Å². The minimum atomic E-state index is 0.0140. The first-order valence-electron chi connectivity index (χ1n) is 13.1. The molecule has 4 heteroatoms. The number of aromatic nitrogens is 1. The van der Waals surface area contributed by atoms with Crippen LogP contribution < -0.4 is 25.9 Å². The molecule has 2 aliphatic heterocycles. The van der Waals surface area contributed by atoms with Crippen molar-refractivity contribution in [3.8, 4) is 56.4 Å². The number of rotatable bonds is 3. The van der Waals surface area contributed by atoms with Gasteiger partial charge in [0.2, 0.25) is 0 Å². The van der Waals surface area contributed by atoms with Crippen molar-refractivity contribution >= 4 is 23.1 Å². The van der Waals surface area contributed by atoms with Crippen LogP contribution in [-0.2, 0) is 0 Å². The van der Waals surface area contributed by atoms with Gasteiger partial charge in [0, 0.05) is 23.4 Å². The van der Waals surface area contributed by atoms with Gasteiger partial charge in [0.25, 0.3) is 6.71 Å². The van der Waals surface area contributed by atoms with Crippen LogP contribution in [0.15, 0.2) is 134 Å². The van der Waals surface area contributed by atoms with Gasteiger partial charge < -0.3 is 9.47 Å². The topological polar surface area (TPSA) is 31.4 Å². The summed E-state index contributed by atoms with van der Waals surface area (Å²) in [6.45, 7) is 0.0140. The highest BCUT2D eigenvalue weighted by Gasteiger charge is 2.40. The number of benzene rings is 5. The first kappa shape index (κ1) is 21.9. The van der Waals surface area contributed by atoms with E-state index in [0.29, 0.717) is 0 Å². The Balaban J connectivity index is 1.33. The molecule has 0 bridgehead atoms. The molecule has 3 heterocycles. The smallest absolute Gasteiger partial charge is 0.260 e. The van der Waals surface area contributed by atoms with Crippen LogP contribution in [0.1, 0.15) is 0 Å². The number of ether oxygens (including phenoxy) is 2. The van der Waals surface area contributed by atoms with E-state index in [4.69, 9.17) is 9.47 Å². The minimum absolute atomic E-state index is 0.0140. The standard InChI is InChI=1S/C35H22BNO2/c1-3-8-23(9-4-1)25-13-15-29-31(18-25)38-33-20-28(27-12-7-17-37-22-27)21-34-35(33)36(29)30-16-14-26(19-32(30)39-34)24-10-5-2-6-11-24/h1-22H. The number of hydrogen-bond acceptors (Lipinski definition) is 3. The molecule has 3 nitrogen and oxygen atoms in total. The van der Waals surface area contributed by atoms with Crippen molar-refractivity contribution in [2.24, 2.45) is 0 Å². The van der Waals surface area contributed by atoms with Crippen molar-refractivity contribution in [3.63, 3.8) is 0 Å². The lowest BCUT2D eigenvalue weighted by molar-refractivity contribution is 0.465. The molecule has 8 rings (SSSR count). The lowest BCUT2D eigenvalue weighted by Gasteiger charge is -2.33. The number of nitrogens with zero attached hydrogens (tertiary/aromatic N) is 1. The molecule has 0 fully saturated rings. The zero-order valence-electron chi connectivity index (χ0n) is 21.0. The van der Waals surface area contributed by atoms with Crippen molar-refractivity contribution in [3.05, 3.63) is 134 Å². The normalized spacial score (nSPS) is 12.5. The van der Waals surface area contributed by atoms with Crippen molar-refractivity contribution < 1.29 is 9.47 Å². The van der Waals surface area contributed by atoms with Crippen LogP contribution in [0.5, 0.6) is 23.0 Å². The van der Waals surface area contributed by atoms with E-state index >= 15 is 0 Å². The Kier molecular flexibility index (Phi) is 4.92. The highest BCUT2D eigenvalue weighted by molar-refractivity contribution is 6.98. The molecule has 1 aromatic heterocycles. The molecule has 0 atom stereocenters. The summed E-state index contributed by atoms with van der Waals surface area (Å²) in [6.07, 6.45) is 3.66. The average Bonchev–Trinajstić information content (AvgIpc) is 3.01. The first-order valence-corrected chi connectivity index (χ1v) is 13.1. The molecule has 0 amide bonds. The Morgan fingerprint density at radius 2 is 0.949 bits per heavy atom. The molecule has 5 aromatic carbocycles. The van der Waals surface area contributed by atoms with E-state index < -0.39 is 0 Å². The van der Waals surface area contributed by atoms with Gasteiger partial charge in [0.15, 0.2) is 0 Å². The fraction of sp³-hybridized carbons (Fsp3) is 0. The Bertz CT molecular complexity index is 1740. The van der Waals surface area contributed by atoms with E-state index in [1.165, 1.54) is 11.1 Å². The Labute approximate surface area is 227 Å². The van der Waals surface area contributed by atoms with Crippen LogP contribution in [0.25, 0.3) is 33.4 Å². The van der Waals surface area contributed by atoms with Crippen LogP contribution >= 0.6 is 0 Å². The Hall–Kier alpha value is -5.09. The summed E-state index contributed by atoms with van der Waals surface area (Å²) in [4.78, 5) is 4.34. The highest BCUT2D eigenvalue weighted by Crippen LogP contribution is 2.39.